The number of sulfonamides is 1. The molecule has 0 radical (unpaired) electrons. The van der Waals surface area contributed by atoms with E-state index in [4.69, 9.17) is 16.3 Å². The first kappa shape index (κ1) is 19.1. The number of hydrogen-bond acceptors (Lipinski definition) is 5. The van der Waals surface area contributed by atoms with Gasteiger partial charge in [-0.1, -0.05) is 30.2 Å². The molecule has 2 fully saturated rings. The molecule has 1 amide bonds. The fraction of sp³-hybridized carbons (Fsp3) is 0.529. The fourth-order valence-corrected chi connectivity index (χ4v) is 4.87. The predicted octanol–water partition coefficient (Wildman–Crippen LogP) is 1.52. The quantitative estimate of drug-likeness (QED) is 0.699. The molecule has 1 saturated heterocycles. The second kappa shape index (κ2) is 7.94. The maximum Gasteiger partial charge on any atom is 0.309 e. The van der Waals surface area contributed by atoms with Crippen LogP contribution in [0.25, 0.3) is 0 Å². The van der Waals surface area contributed by atoms with E-state index in [9.17, 15) is 18.0 Å². The molecule has 0 spiro atoms. The Morgan fingerprint density at radius 1 is 1.12 bits per heavy atom. The van der Waals surface area contributed by atoms with E-state index in [-0.39, 0.29) is 60.5 Å². The Labute approximate surface area is 157 Å². The molecule has 0 unspecified atom stereocenters. The van der Waals surface area contributed by atoms with E-state index in [0.717, 1.165) is 19.3 Å². The van der Waals surface area contributed by atoms with Gasteiger partial charge >= 0.3 is 5.97 Å². The first-order valence-corrected chi connectivity index (χ1v) is 10.4. The number of benzene rings is 1. The fourth-order valence-electron chi connectivity index (χ4n) is 2.96. The summed E-state index contributed by atoms with van der Waals surface area (Å²) in [5.74, 6) is -0.683. The van der Waals surface area contributed by atoms with E-state index in [1.54, 1.807) is 12.1 Å². The average molecular weight is 401 g/mol. The van der Waals surface area contributed by atoms with E-state index in [1.165, 1.54) is 21.3 Å². The lowest BCUT2D eigenvalue weighted by Crippen LogP contribution is -2.51. The van der Waals surface area contributed by atoms with Gasteiger partial charge < -0.3 is 9.64 Å². The molecule has 9 heteroatoms. The Hall–Kier alpha value is -1.64. The molecule has 0 aromatic heterocycles. The zero-order valence-electron chi connectivity index (χ0n) is 14.3. The van der Waals surface area contributed by atoms with Crippen molar-refractivity contribution >= 4 is 33.5 Å². The molecule has 1 aliphatic carbocycles. The summed E-state index contributed by atoms with van der Waals surface area (Å²) in [7, 11) is -3.70. The molecule has 142 valence electrons. The van der Waals surface area contributed by atoms with Crippen molar-refractivity contribution in [3.8, 4) is 0 Å². The third kappa shape index (κ3) is 4.02. The van der Waals surface area contributed by atoms with E-state index in [2.05, 4.69) is 0 Å². The highest BCUT2D eigenvalue weighted by atomic mass is 35.5. The lowest BCUT2D eigenvalue weighted by molar-refractivity contribution is -0.158. The molecule has 26 heavy (non-hydrogen) atoms. The topological polar surface area (TPSA) is 84.0 Å². The first-order valence-electron chi connectivity index (χ1n) is 8.58. The summed E-state index contributed by atoms with van der Waals surface area (Å²) < 4.78 is 31.7. The number of halogens is 1. The number of carbonyl (C=O) groups is 2. The molecule has 0 atom stereocenters. The first-order chi connectivity index (χ1) is 12.4. The largest absolute Gasteiger partial charge is 0.455 e. The van der Waals surface area contributed by atoms with Crippen molar-refractivity contribution in [1.82, 2.24) is 9.21 Å². The Morgan fingerprint density at radius 2 is 1.77 bits per heavy atom. The average Bonchev–Trinajstić information content (AvgIpc) is 2.58. The van der Waals surface area contributed by atoms with E-state index in [0.29, 0.717) is 0 Å². The van der Waals surface area contributed by atoms with Gasteiger partial charge in [-0.15, -0.1) is 0 Å². The minimum atomic E-state index is -3.70. The van der Waals surface area contributed by atoms with Gasteiger partial charge in [0.05, 0.1) is 10.9 Å². The third-order valence-corrected chi connectivity index (χ3v) is 7.22. The smallest absolute Gasteiger partial charge is 0.309 e. The number of hydrogen-bond donors (Lipinski definition) is 0. The van der Waals surface area contributed by atoms with Gasteiger partial charge in [-0.3, -0.25) is 9.59 Å². The van der Waals surface area contributed by atoms with Crippen LogP contribution in [0, 0.1) is 5.92 Å². The molecule has 0 bridgehead atoms. The number of carbonyl (C=O) groups excluding carboxylic acids is 2. The van der Waals surface area contributed by atoms with Gasteiger partial charge in [0.25, 0.3) is 5.91 Å². The molecule has 1 aliphatic heterocycles. The Morgan fingerprint density at radius 3 is 2.35 bits per heavy atom. The molecule has 3 rings (SSSR count). The normalized spacial score (nSPS) is 19.0. The number of piperazine rings is 1. The Kier molecular flexibility index (Phi) is 5.84. The Bertz CT molecular complexity index is 786. The van der Waals surface area contributed by atoms with Crippen LogP contribution in [0.15, 0.2) is 29.2 Å². The van der Waals surface area contributed by atoms with Gasteiger partial charge in [-0.05, 0) is 25.0 Å². The summed E-state index contributed by atoms with van der Waals surface area (Å²) in [5, 5.41) is 0.175. The van der Waals surface area contributed by atoms with E-state index >= 15 is 0 Å². The number of esters is 1. The zero-order valence-corrected chi connectivity index (χ0v) is 15.8. The van der Waals surface area contributed by atoms with Crippen LogP contribution in [0.5, 0.6) is 0 Å². The maximum absolute atomic E-state index is 12.7. The third-order valence-electron chi connectivity index (χ3n) is 4.82. The minimum Gasteiger partial charge on any atom is -0.455 e. The van der Waals surface area contributed by atoms with Crippen LogP contribution in [-0.4, -0.2) is 62.3 Å². The molecule has 1 aromatic rings. The van der Waals surface area contributed by atoms with Gasteiger partial charge in [0.2, 0.25) is 10.0 Å². The predicted molar refractivity (Wildman–Crippen MR) is 95.1 cm³/mol. The van der Waals surface area contributed by atoms with Gasteiger partial charge in [0.1, 0.15) is 4.90 Å². The lowest BCUT2D eigenvalue weighted by Gasteiger charge is -2.34. The summed E-state index contributed by atoms with van der Waals surface area (Å²) in [6.45, 7) is 0.575. The standard InChI is InChI=1S/C17H21ClN2O5S/c18-14-6-1-2-7-15(14)26(23,24)20-10-8-19(9-11-20)16(21)12-25-17(22)13-4-3-5-13/h1-2,6-7,13H,3-5,8-12H2. The van der Waals surface area contributed by atoms with Gasteiger partial charge in [-0.2, -0.15) is 4.31 Å². The highest BCUT2D eigenvalue weighted by Gasteiger charge is 2.32. The summed E-state index contributed by atoms with van der Waals surface area (Å²) in [6.07, 6.45) is 2.67. The van der Waals surface area contributed by atoms with Crippen molar-refractivity contribution in [2.75, 3.05) is 32.8 Å². The number of ether oxygens (including phenoxy) is 1. The van der Waals surface area contributed by atoms with Crippen LogP contribution in [0.1, 0.15) is 19.3 Å². The van der Waals surface area contributed by atoms with E-state index < -0.39 is 10.0 Å². The zero-order chi connectivity index (χ0) is 18.7. The lowest BCUT2D eigenvalue weighted by atomic mass is 9.86. The molecule has 0 N–H and O–H groups in total. The minimum absolute atomic E-state index is 0.0656. The molecule has 2 aliphatic rings. The highest BCUT2D eigenvalue weighted by molar-refractivity contribution is 7.89. The Balaban J connectivity index is 1.53. The highest BCUT2D eigenvalue weighted by Crippen LogP contribution is 2.27. The van der Waals surface area contributed by atoms with Crippen molar-refractivity contribution in [1.29, 1.82) is 0 Å². The number of nitrogens with zero attached hydrogens (tertiary/aromatic N) is 2. The second-order valence-corrected chi connectivity index (χ2v) is 8.76. The number of amides is 1. The molecular formula is C17H21ClN2O5S. The monoisotopic (exact) mass is 400 g/mol. The molecule has 1 aromatic carbocycles. The van der Waals surface area contributed by atoms with Crippen LogP contribution in [0.3, 0.4) is 0 Å². The van der Waals surface area contributed by atoms with Gasteiger partial charge in [0.15, 0.2) is 6.61 Å². The van der Waals surface area contributed by atoms with Crippen LogP contribution >= 0.6 is 11.6 Å². The summed E-state index contributed by atoms with van der Waals surface area (Å²) in [4.78, 5) is 25.4. The van der Waals surface area contributed by atoms with Gasteiger partial charge in [-0.25, -0.2) is 8.42 Å². The summed E-state index contributed by atoms with van der Waals surface area (Å²) in [6, 6.07) is 6.29. The molecule has 1 heterocycles. The van der Waals surface area contributed by atoms with Crippen LogP contribution in [0.2, 0.25) is 5.02 Å². The molecular weight excluding hydrogens is 380 g/mol. The van der Waals surface area contributed by atoms with Crippen LogP contribution in [0.4, 0.5) is 0 Å². The molecule has 1 saturated carbocycles. The van der Waals surface area contributed by atoms with Crippen LogP contribution in [-0.2, 0) is 24.3 Å². The van der Waals surface area contributed by atoms with Crippen molar-refractivity contribution < 1.29 is 22.7 Å². The van der Waals surface area contributed by atoms with Crippen LogP contribution < -0.4 is 0 Å². The van der Waals surface area contributed by atoms with Crippen molar-refractivity contribution in [3.05, 3.63) is 29.3 Å². The van der Waals surface area contributed by atoms with Crippen molar-refractivity contribution in [3.63, 3.8) is 0 Å². The number of rotatable bonds is 5. The SMILES string of the molecule is O=C(OCC(=O)N1CCN(S(=O)(=O)c2ccccc2Cl)CC1)C1CCC1. The summed E-state index contributed by atoms with van der Waals surface area (Å²) >= 11 is 6.00. The van der Waals surface area contributed by atoms with Gasteiger partial charge in [0, 0.05) is 26.2 Å². The molecule has 7 nitrogen and oxygen atoms in total. The summed E-state index contributed by atoms with van der Waals surface area (Å²) in [5.41, 5.74) is 0. The van der Waals surface area contributed by atoms with Crippen molar-refractivity contribution in [2.24, 2.45) is 5.92 Å². The van der Waals surface area contributed by atoms with Crippen molar-refractivity contribution in [2.45, 2.75) is 24.2 Å². The van der Waals surface area contributed by atoms with E-state index in [1.807, 2.05) is 0 Å². The second-order valence-electron chi connectivity index (χ2n) is 6.45. The maximum atomic E-state index is 12.7.